The maximum absolute atomic E-state index is 13.9. The second-order valence-corrected chi connectivity index (χ2v) is 9.22. The molecule has 0 spiro atoms. The third-order valence-corrected chi connectivity index (χ3v) is 6.78. The molecule has 1 saturated heterocycles. The molecule has 2 amide bonds. The average molecular weight is 440 g/mol. The number of hydrogen-bond donors (Lipinski definition) is 0. The van der Waals surface area contributed by atoms with Crippen LogP contribution in [0, 0.1) is 5.92 Å². The van der Waals surface area contributed by atoms with Gasteiger partial charge in [0.25, 0.3) is 5.91 Å². The summed E-state index contributed by atoms with van der Waals surface area (Å²) in [6, 6.07) is 18.3. The van der Waals surface area contributed by atoms with E-state index in [1.165, 1.54) is 5.57 Å². The van der Waals surface area contributed by atoms with E-state index in [0.717, 1.165) is 46.1 Å². The van der Waals surface area contributed by atoms with Crippen molar-refractivity contribution in [2.45, 2.75) is 26.7 Å². The van der Waals surface area contributed by atoms with Crippen LogP contribution >= 0.6 is 0 Å². The number of piperazine rings is 1. The molecule has 0 saturated carbocycles. The van der Waals surface area contributed by atoms with Crippen molar-refractivity contribution in [1.29, 1.82) is 0 Å². The van der Waals surface area contributed by atoms with E-state index in [1.807, 2.05) is 52.3 Å². The van der Waals surface area contributed by atoms with Crippen LogP contribution in [0.15, 0.2) is 54.6 Å². The molecule has 1 fully saturated rings. The summed E-state index contributed by atoms with van der Waals surface area (Å²) in [4.78, 5) is 34.4. The van der Waals surface area contributed by atoms with E-state index in [9.17, 15) is 9.59 Å². The number of pyridine rings is 1. The van der Waals surface area contributed by atoms with Crippen LogP contribution in [0.25, 0.3) is 22.6 Å². The second-order valence-electron chi connectivity index (χ2n) is 9.22. The summed E-state index contributed by atoms with van der Waals surface area (Å²) in [6.45, 7) is 6.13. The number of para-hydroxylation sites is 1. The Balaban J connectivity index is 1.62. The Morgan fingerprint density at radius 2 is 1.58 bits per heavy atom. The first-order valence-electron chi connectivity index (χ1n) is 11.7. The zero-order valence-corrected chi connectivity index (χ0v) is 19.3. The first kappa shape index (κ1) is 21.4. The molecule has 5 nitrogen and oxygen atoms in total. The van der Waals surface area contributed by atoms with E-state index >= 15 is 0 Å². The number of amides is 2. The minimum Gasteiger partial charge on any atom is -0.339 e. The highest BCUT2D eigenvalue weighted by atomic mass is 16.2. The molecule has 2 heterocycles. The van der Waals surface area contributed by atoms with Gasteiger partial charge >= 0.3 is 0 Å². The normalized spacial score (nSPS) is 19.6. The molecule has 1 aliphatic carbocycles. The summed E-state index contributed by atoms with van der Waals surface area (Å²) in [7, 11) is 0. The van der Waals surface area contributed by atoms with Gasteiger partial charge in [-0.05, 0) is 47.6 Å². The number of aromatic nitrogens is 1. The van der Waals surface area contributed by atoms with Gasteiger partial charge in [-0.1, -0.05) is 55.5 Å². The molecule has 0 bridgehead atoms. The van der Waals surface area contributed by atoms with Gasteiger partial charge in [0, 0.05) is 38.5 Å². The molecule has 2 aliphatic rings. The van der Waals surface area contributed by atoms with E-state index in [1.54, 1.807) is 6.92 Å². The number of allylic oxidation sites excluding steroid dienone is 1. The average Bonchev–Trinajstić information content (AvgIpc) is 2.83. The van der Waals surface area contributed by atoms with Gasteiger partial charge in [0.2, 0.25) is 5.91 Å². The minimum absolute atomic E-state index is 0.0567. The van der Waals surface area contributed by atoms with Crippen LogP contribution in [0.4, 0.5) is 0 Å². The number of benzene rings is 2. The summed E-state index contributed by atoms with van der Waals surface area (Å²) in [6.07, 6.45) is 4.00. The van der Waals surface area contributed by atoms with Crippen LogP contribution in [0.5, 0.6) is 0 Å². The van der Waals surface area contributed by atoms with Crippen molar-refractivity contribution in [3.05, 3.63) is 77.0 Å². The highest BCUT2D eigenvalue weighted by Gasteiger charge is 2.31. The van der Waals surface area contributed by atoms with Crippen molar-refractivity contribution in [1.82, 2.24) is 14.8 Å². The van der Waals surface area contributed by atoms with Crippen molar-refractivity contribution in [3.8, 4) is 0 Å². The Labute approximate surface area is 194 Å². The summed E-state index contributed by atoms with van der Waals surface area (Å²) in [5, 5.41) is 0.920. The quantitative estimate of drug-likeness (QED) is 0.584. The highest BCUT2D eigenvalue weighted by molar-refractivity contribution is 6.09. The first-order valence-corrected chi connectivity index (χ1v) is 11.7. The van der Waals surface area contributed by atoms with Crippen molar-refractivity contribution in [3.63, 3.8) is 0 Å². The van der Waals surface area contributed by atoms with E-state index in [4.69, 9.17) is 4.98 Å². The van der Waals surface area contributed by atoms with Gasteiger partial charge in [-0.2, -0.15) is 0 Å². The molecular weight excluding hydrogens is 410 g/mol. The predicted octanol–water partition coefficient (Wildman–Crippen LogP) is 4.66. The van der Waals surface area contributed by atoms with Gasteiger partial charge in [0.05, 0.1) is 16.8 Å². The number of fused-ring (bicyclic) bond motifs is 2. The van der Waals surface area contributed by atoms with Gasteiger partial charge in [-0.15, -0.1) is 0 Å². The number of rotatable bonds is 2. The Morgan fingerprint density at radius 1 is 0.909 bits per heavy atom. The number of carbonyl (C=O) groups is 2. The van der Waals surface area contributed by atoms with Crippen molar-refractivity contribution in [2.24, 2.45) is 5.92 Å². The van der Waals surface area contributed by atoms with Gasteiger partial charge in [-0.25, -0.2) is 4.98 Å². The molecule has 5 rings (SSSR count). The standard InChI is InChI=1S/C28H29N3O2/c1-19-16-22(18-21-8-4-3-5-9-21)27-24(17-19)26(23-10-6-7-11-25(23)29-27)28(33)31-14-12-30(13-15-31)20(2)32/h3-11,18-19H,12-17H2,1-2H3/b22-18+/t19-/m0/s1. The Hall–Kier alpha value is -3.47. The molecule has 0 N–H and O–H groups in total. The Kier molecular flexibility index (Phi) is 5.71. The summed E-state index contributed by atoms with van der Waals surface area (Å²) in [5.41, 5.74) is 6.01. The predicted molar refractivity (Wildman–Crippen MR) is 132 cm³/mol. The van der Waals surface area contributed by atoms with Crippen LogP contribution in [-0.4, -0.2) is 52.8 Å². The Morgan fingerprint density at radius 3 is 2.30 bits per heavy atom. The lowest BCUT2D eigenvalue weighted by Crippen LogP contribution is -2.50. The van der Waals surface area contributed by atoms with E-state index in [2.05, 4.69) is 25.1 Å². The summed E-state index contributed by atoms with van der Waals surface area (Å²) >= 11 is 0. The lowest BCUT2D eigenvalue weighted by Gasteiger charge is -2.35. The molecule has 33 heavy (non-hydrogen) atoms. The van der Waals surface area contributed by atoms with Crippen LogP contribution in [0.2, 0.25) is 0 Å². The maximum Gasteiger partial charge on any atom is 0.255 e. The molecule has 0 unspecified atom stereocenters. The molecule has 1 atom stereocenters. The molecular formula is C28H29N3O2. The number of carbonyl (C=O) groups excluding carboxylic acids is 2. The molecule has 2 aromatic carbocycles. The van der Waals surface area contributed by atoms with E-state index < -0.39 is 0 Å². The van der Waals surface area contributed by atoms with Crippen molar-refractivity contribution < 1.29 is 9.59 Å². The third kappa shape index (κ3) is 4.15. The fourth-order valence-corrected chi connectivity index (χ4v) is 5.11. The van der Waals surface area contributed by atoms with Gasteiger partial charge < -0.3 is 9.80 Å². The molecule has 168 valence electrons. The summed E-state index contributed by atoms with van der Waals surface area (Å²) < 4.78 is 0. The molecule has 5 heteroatoms. The van der Waals surface area contributed by atoms with Crippen LogP contribution in [-0.2, 0) is 11.2 Å². The first-order chi connectivity index (χ1) is 16.0. The zero-order chi connectivity index (χ0) is 22.9. The molecule has 3 aromatic rings. The topological polar surface area (TPSA) is 53.5 Å². The lowest BCUT2D eigenvalue weighted by atomic mass is 9.80. The SMILES string of the molecule is CC(=O)N1CCN(C(=O)c2c3c(nc4ccccc24)/C(=C/c2ccccc2)C[C@H](C)C3)CC1. The smallest absolute Gasteiger partial charge is 0.255 e. The minimum atomic E-state index is 0.0567. The summed E-state index contributed by atoms with van der Waals surface area (Å²) in [5.74, 6) is 0.552. The Bertz CT molecular complexity index is 1240. The van der Waals surface area contributed by atoms with Crippen LogP contribution in [0.3, 0.4) is 0 Å². The van der Waals surface area contributed by atoms with Crippen LogP contribution in [0.1, 0.15) is 47.4 Å². The third-order valence-electron chi connectivity index (χ3n) is 6.78. The lowest BCUT2D eigenvalue weighted by molar-refractivity contribution is -0.130. The van der Waals surface area contributed by atoms with Gasteiger partial charge in [0.15, 0.2) is 0 Å². The largest absolute Gasteiger partial charge is 0.339 e. The maximum atomic E-state index is 13.9. The van der Waals surface area contributed by atoms with Crippen molar-refractivity contribution in [2.75, 3.05) is 26.2 Å². The zero-order valence-electron chi connectivity index (χ0n) is 19.3. The fourth-order valence-electron chi connectivity index (χ4n) is 5.11. The van der Waals surface area contributed by atoms with Gasteiger partial charge in [0.1, 0.15) is 0 Å². The number of hydrogen-bond acceptors (Lipinski definition) is 3. The van der Waals surface area contributed by atoms with Gasteiger partial charge in [-0.3, -0.25) is 9.59 Å². The monoisotopic (exact) mass is 439 g/mol. The molecule has 1 aliphatic heterocycles. The highest BCUT2D eigenvalue weighted by Crippen LogP contribution is 2.39. The molecule has 0 radical (unpaired) electrons. The number of nitrogens with zero attached hydrogens (tertiary/aromatic N) is 3. The van der Waals surface area contributed by atoms with E-state index in [0.29, 0.717) is 32.1 Å². The fraction of sp³-hybridized carbons (Fsp3) is 0.321. The molecule has 1 aromatic heterocycles. The second kappa shape index (κ2) is 8.81. The van der Waals surface area contributed by atoms with E-state index in [-0.39, 0.29) is 11.8 Å². The van der Waals surface area contributed by atoms with Crippen molar-refractivity contribution >= 4 is 34.4 Å². The van der Waals surface area contributed by atoms with Crippen LogP contribution < -0.4 is 0 Å².